The van der Waals surface area contributed by atoms with Gasteiger partial charge in [0, 0.05) is 43.9 Å². The van der Waals surface area contributed by atoms with Gasteiger partial charge in [-0.2, -0.15) is 0 Å². The van der Waals surface area contributed by atoms with Gasteiger partial charge < -0.3 is 26.4 Å². The maximum absolute atomic E-state index is 13.6. The number of aryl methyl sites for hydroxylation is 1. The van der Waals surface area contributed by atoms with Gasteiger partial charge in [-0.3, -0.25) is 29.0 Å². The van der Waals surface area contributed by atoms with Crippen molar-refractivity contribution in [1.82, 2.24) is 45.5 Å². The zero-order valence-electron chi connectivity index (χ0n) is 23.5. The Morgan fingerprint density at radius 3 is 2.52 bits per heavy atom. The van der Waals surface area contributed by atoms with E-state index < -0.39 is 53.1 Å². The summed E-state index contributed by atoms with van der Waals surface area (Å²) in [6.07, 6.45) is 0. The number of nitrogen functional groups attached to an aromatic ring is 1. The molecule has 3 atom stereocenters. The number of aromatic nitrogens is 4. The smallest absolute Gasteiger partial charge is 0.352 e. The lowest BCUT2D eigenvalue weighted by atomic mass is 10.0. The van der Waals surface area contributed by atoms with Crippen LogP contribution < -0.4 is 16.4 Å². The second kappa shape index (κ2) is 12.5. The molecule has 19 heteroatoms. The molecule has 1 aromatic heterocycles. The second-order valence-electron chi connectivity index (χ2n) is 9.92. The van der Waals surface area contributed by atoms with Crippen molar-refractivity contribution >= 4 is 64.8 Å². The SMILES string of the molecule is CCN1CCN(C(=O)N[C@@H](C(=O)N[C@@H]2C(=O)N3C(C(=O)O)=C(CSc4nnnn4C)CS[C@@H]23)c2ccc(N)cc2)C(=O)C1=O. The van der Waals surface area contributed by atoms with E-state index in [-0.39, 0.29) is 30.3 Å². The Labute approximate surface area is 258 Å². The quantitative estimate of drug-likeness (QED) is 0.109. The predicted octanol–water partition coefficient (Wildman–Crippen LogP) is -1.24. The number of rotatable bonds is 9. The number of likely N-dealkylation sites (N-methyl/N-ethyl adjacent to an activating group) is 1. The van der Waals surface area contributed by atoms with Crippen LogP contribution >= 0.6 is 23.5 Å². The summed E-state index contributed by atoms with van der Waals surface area (Å²) in [6.45, 7) is 2.10. The summed E-state index contributed by atoms with van der Waals surface area (Å²) in [7, 11) is 1.65. The minimum Gasteiger partial charge on any atom is -0.477 e. The zero-order valence-corrected chi connectivity index (χ0v) is 25.1. The molecule has 0 saturated carbocycles. The minimum atomic E-state index is -1.37. The number of nitrogens with one attached hydrogen (secondary N) is 2. The van der Waals surface area contributed by atoms with Crippen molar-refractivity contribution in [1.29, 1.82) is 0 Å². The fraction of sp³-hybridized carbons (Fsp3) is 0.400. The molecule has 4 heterocycles. The van der Waals surface area contributed by atoms with Gasteiger partial charge >= 0.3 is 23.8 Å². The van der Waals surface area contributed by atoms with Crippen LogP contribution in [0.25, 0.3) is 0 Å². The van der Waals surface area contributed by atoms with Crippen LogP contribution in [0.3, 0.4) is 0 Å². The average Bonchev–Trinajstić information content (AvgIpc) is 3.42. The van der Waals surface area contributed by atoms with E-state index in [9.17, 15) is 33.9 Å². The second-order valence-corrected chi connectivity index (χ2v) is 12.0. The summed E-state index contributed by atoms with van der Waals surface area (Å²) in [4.78, 5) is 80.3. The van der Waals surface area contributed by atoms with Crippen molar-refractivity contribution in [3.63, 3.8) is 0 Å². The predicted molar refractivity (Wildman–Crippen MR) is 155 cm³/mol. The van der Waals surface area contributed by atoms with Gasteiger partial charge in [-0.15, -0.1) is 16.9 Å². The first-order chi connectivity index (χ1) is 21.0. The maximum Gasteiger partial charge on any atom is 0.352 e. The van der Waals surface area contributed by atoms with Crippen LogP contribution in [0.1, 0.15) is 18.5 Å². The number of piperazine rings is 1. The Hall–Kier alpha value is -4.65. The molecule has 3 aliphatic heterocycles. The van der Waals surface area contributed by atoms with Crippen LogP contribution in [0.5, 0.6) is 0 Å². The summed E-state index contributed by atoms with van der Waals surface area (Å²) in [5, 5.41) is 26.0. The highest BCUT2D eigenvalue weighted by Crippen LogP contribution is 2.41. The molecule has 2 saturated heterocycles. The van der Waals surface area contributed by atoms with Gasteiger partial charge in [0.2, 0.25) is 11.1 Å². The van der Waals surface area contributed by atoms with Crippen LogP contribution in [-0.4, -0.2) is 118 Å². The number of amides is 6. The third-order valence-corrected chi connectivity index (χ3v) is 9.68. The minimum absolute atomic E-state index is 0.0623. The topological polar surface area (TPSA) is 226 Å². The Kier molecular flexibility index (Phi) is 8.77. The van der Waals surface area contributed by atoms with Crippen LogP contribution in [-0.2, 0) is 31.0 Å². The van der Waals surface area contributed by atoms with Gasteiger partial charge in [0.15, 0.2) is 0 Å². The number of hydrogen-bond donors (Lipinski definition) is 4. The van der Waals surface area contributed by atoms with Gasteiger partial charge in [-0.05, 0) is 40.6 Å². The number of fused-ring (bicyclic) bond motifs is 1. The lowest BCUT2D eigenvalue weighted by Crippen LogP contribution is -2.71. The summed E-state index contributed by atoms with van der Waals surface area (Å²) in [5.41, 5.74) is 6.83. The molecular formula is C25H28N10O7S2. The number of carboxylic acid groups (broad SMARTS) is 1. The number of imide groups is 1. The highest BCUT2D eigenvalue weighted by molar-refractivity contribution is 8.01. The molecule has 0 spiro atoms. The lowest BCUT2D eigenvalue weighted by molar-refractivity contribution is -0.153. The zero-order chi connectivity index (χ0) is 31.7. The van der Waals surface area contributed by atoms with Gasteiger partial charge in [-0.25, -0.2) is 14.3 Å². The number of tetrazole rings is 1. The number of β-lactam (4-membered cyclic amide) rings is 1. The Balaban J connectivity index is 1.31. The molecule has 0 unspecified atom stereocenters. The first kappa shape index (κ1) is 30.8. The molecule has 0 radical (unpaired) electrons. The van der Waals surface area contributed by atoms with E-state index in [1.54, 1.807) is 14.0 Å². The molecule has 5 rings (SSSR count). The van der Waals surface area contributed by atoms with Crippen molar-refractivity contribution in [2.45, 2.75) is 29.5 Å². The molecule has 2 aromatic rings. The van der Waals surface area contributed by atoms with Gasteiger partial charge in [0.05, 0.1) is 0 Å². The van der Waals surface area contributed by atoms with Gasteiger partial charge in [-0.1, -0.05) is 23.9 Å². The number of carbonyl (C=O) groups excluding carboxylic acids is 5. The lowest BCUT2D eigenvalue weighted by Gasteiger charge is -2.49. The Morgan fingerprint density at radius 1 is 1.16 bits per heavy atom. The number of carbonyl (C=O) groups is 6. The molecule has 0 aliphatic carbocycles. The Bertz CT molecular complexity index is 1560. The largest absolute Gasteiger partial charge is 0.477 e. The molecular weight excluding hydrogens is 616 g/mol. The maximum atomic E-state index is 13.6. The fourth-order valence-corrected chi connectivity index (χ4v) is 7.22. The van der Waals surface area contributed by atoms with E-state index in [1.165, 1.54) is 57.4 Å². The van der Waals surface area contributed by atoms with Crippen molar-refractivity contribution < 1.29 is 33.9 Å². The highest BCUT2D eigenvalue weighted by atomic mass is 32.2. The first-order valence-electron chi connectivity index (χ1n) is 13.3. The number of thioether (sulfide) groups is 2. The standard InChI is InChI=1S/C25H28N10O7S2/c1-3-33-8-9-34(21(39)20(33)38)24(42)28-15(12-4-6-14(26)7-5-12)18(36)27-16-19(37)35-17(23(40)41)13(10-43-22(16)35)11-44-25-29-30-31-32(25)2/h4-7,15-16,22H,3,8-11,26H2,1-2H3,(H,27,36)(H,28,42)(H,40,41)/t15-,16-,22+/m1/s1. The van der Waals surface area contributed by atoms with E-state index in [0.717, 1.165) is 9.80 Å². The molecule has 5 N–H and O–H groups in total. The third kappa shape index (κ3) is 5.79. The first-order valence-corrected chi connectivity index (χ1v) is 15.4. The normalized spacial score (nSPS) is 20.7. The van der Waals surface area contributed by atoms with E-state index in [2.05, 4.69) is 26.2 Å². The van der Waals surface area contributed by atoms with E-state index in [4.69, 9.17) is 5.73 Å². The van der Waals surface area contributed by atoms with Crippen molar-refractivity contribution in [3.8, 4) is 0 Å². The number of carboxylic acids is 1. The van der Waals surface area contributed by atoms with Crippen molar-refractivity contribution in [3.05, 3.63) is 41.1 Å². The van der Waals surface area contributed by atoms with E-state index >= 15 is 0 Å². The van der Waals surface area contributed by atoms with E-state index in [0.29, 0.717) is 28.5 Å². The molecule has 44 heavy (non-hydrogen) atoms. The fourth-order valence-electron chi connectivity index (χ4n) is 4.89. The van der Waals surface area contributed by atoms with Crippen LogP contribution in [0.4, 0.5) is 10.5 Å². The van der Waals surface area contributed by atoms with Gasteiger partial charge in [0.1, 0.15) is 23.2 Å². The van der Waals surface area contributed by atoms with Crippen molar-refractivity contribution in [2.24, 2.45) is 7.05 Å². The van der Waals surface area contributed by atoms with Crippen LogP contribution in [0.2, 0.25) is 0 Å². The van der Waals surface area contributed by atoms with Gasteiger partial charge in [0.25, 0.3) is 5.91 Å². The number of aliphatic carboxylic acids is 1. The third-order valence-electron chi connectivity index (χ3n) is 7.24. The van der Waals surface area contributed by atoms with Crippen LogP contribution in [0.15, 0.2) is 40.7 Å². The molecule has 232 valence electrons. The highest BCUT2D eigenvalue weighted by Gasteiger charge is 2.54. The molecule has 6 amide bonds. The summed E-state index contributed by atoms with van der Waals surface area (Å²) in [6, 6.07) is 2.65. The number of anilines is 1. The molecule has 17 nitrogen and oxygen atoms in total. The number of nitrogens with two attached hydrogens (primary N) is 1. The average molecular weight is 645 g/mol. The number of urea groups is 1. The molecule has 3 aliphatic rings. The molecule has 2 fully saturated rings. The number of benzene rings is 1. The summed E-state index contributed by atoms with van der Waals surface area (Å²) >= 11 is 2.51. The number of hydrogen-bond acceptors (Lipinski definition) is 12. The molecule has 1 aromatic carbocycles. The summed E-state index contributed by atoms with van der Waals surface area (Å²) in [5.74, 6) is -4.03. The number of nitrogens with zero attached hydrogens (tertiary/aromatic N) is 7. The summed E-state index contributed by atoms with van der Waals surface area (Å²) < 4.78 is 1.44. The molecule has 0 bridgehead atoms. The van der Waals surface area contributed by atoms with Crippen molar-refractivity contribution in [2.75, 3.05) is 36.9 Å². The van der Waals surface area contributed by atoms with E-state index in [1.807, 2.05) is 0 Å². The monoisotopic (exact) mass is 644 g/mol. The Morgan fingerprint density at radius 2 is 1.89 bits per heavy atom. The van der Waals surface area contributed by atoms with Crippen LogP contribution in [0, 0.1) is 0 Å².